The van der Waals surface area contributed by atoms with Crippen molar-refractivity contribution in [1.82, 2.24) is 0 Å². The lowest BCUT2D eigenvalue weighted by molar-refractivity contribution is -0.143. The highest BCUT2D eigenvalue weighted by Crippen LogP contribution is 2.13. The highest BCUT2D eigenvalue weighted by Gasteiger charge is 2.01. The largest absolute Gasteiger partial charge is 0.465 e. The Kier molecular flexibility index (Phi) is 17.7. The summed E-state index contributed by atoms with van der Waals surface area (Å²) in [4.78, 5) is 11.2. The van der Waals surface area contributed by atoms with Crippen molar-refractivity contribution < 1.29 is 9.53 Å². The normalized spacial score (nSPS) is 10.8. The van der Waals surface area contributed by atoms with Gasteiger partial charge >= 0.3 is 5.97 Å². The van der Waals surface area contributed by atoms with Crippen LogP contribution in [0.1, 0.15) is 96.8 Å². The second-order valence-electron chi connectivity index (χ2n) is 5.92. The minimum Gasteiger partial charge on any atom is -0.465 e. The predicted molar refractivity (Wildman–Crippen MR) is 93.7 cm³/mol. The molecule has 125 valence electrons. The van der Waals surface area contributed by atoms with Crippen molar-refractivity contribution in [2.45, 2.75) is 96.8 Å². The van der Waals surface area contributed by atoms with Crippen LogP contribution in [0.5, 0.6) is 0 Å². The summed E-state index contributed by atoms with van der Waals surface area (Å²) in [5, 5.41) is 0. The van der Waals surface area contributed by atoms with Crippen molar-refractivity contribution in [3.63, 3.8) is 0 Å². The van der Waals surface area contributed by atoms with Crippen LogP contribution in [0, 0.1) is 0 Å². The van der Waals surface area contributed by atoms with Gasteiger partial charge in [0.05, 0.1) is 0 Å². The lowest BCUT2D eigenvalue weighted by atomic mass is 10.0. The van der Waals surface area contributed by atoms with Crippen molar-refractivity contribution in [2.75, 3.05) is 12.4 Å². The van der Waals surface area contributed by atoms with Gasteiger partial charge in [0, 0.05) is 12.2 Å². The van der Waals surface area contributed by atoms with E-state index in [0.29, 0.717) is 18.8 Å². The van der Waals surface area contributed by atoms with Gasteiger partial charge < -0.3 is 4.74 Å². The highest BCUT2D eigenvalue weighted by molar-refractivity contribution is 7.80. The minimum absolute atomic E-state index is 0.0806. The Morgan fingerprint density at radius 3 is 1.62 bits per heavy atom. The molecule has 0 aromatic rings. The number of esters is 1. The van der Waals surface area contributed by atoms with Crippen LogP contribution in [0.2, 0.25) is 0 Å². The van der Waals surface area contributed by atoms with E-state index in [2.05, 4.69) is 6.92 Å². The Morgan fingerprint density at radius 1 is 0.762 bits per heavy atom. The first kappa shape index (κ1) is 20.8. The number of ether oxygens (including phenoxy) is 1. The van der Waals surface area contributed by atoms with Crippen LogP contribution < -0.4 is 0 Å². The van der Waals surface area contributed by atoms with Gasteiger partial charge in [0.25, 0.3) is 0 Å². The second-order valence-corrected chi connectivity index (χ2v) is 6.33. The van der Waals surface area contributed by atoms with Crippen LogP contribution in [-0.2, 0) is 9.53 Å². The van der Waals surface area contributed by atoms with Crippen molar-refractivity contribution in [3.05, 3.63) is 0 Å². The fourth-order valence-corrected chi connectivity index (χ4v) is 2.60. The molecule has 3 heteroatoms. The van der Waals surface area contributed by atoms with E-state index >= 15 is 0 Å². The molecule has 0 saturated heterocycles. The summed E-state index contributed by atoms with van der Waals surface area (Å²) in [5.41, 5.74) is 0. The Labute approximate surface area is 137 Å². The fraction of sp³-hybridized carbons (Fsp3) is 0.944. The van der Waals surface area contributed by atoms with Crippen molar-refractivity contribution in [2.24, 2.45) is 0 Å². The fourth-order valence-electron chi connectivity index (χ4n) is 2.51. The lowest BCUT2D eigenvalue weighted by Crippen LogP contribution is -2.06. The summed E-state index contributed by atoms with van der Waals surface area (Å²) in [6.45, 7) is 2.66. The molecule has 0 atom stereocenters. The molecule has 0 aromatic heterocycles. The third-order valence-corrected chi connectivity index (χ3v) is 4.00. The molecule has 0 aliphatic carbocycles. The quantitative estimate of drug-likeness (QED) is 0.250. The van der Waals surface area contributed by atoms with Gasteiger partial charge in [0.15, 0.2) is 0 Å². The molecule has 0 rings (SSSR count). The molecule has 0 aromatic carbocycles. The van der Waals surface area contributed by atoms with Gasteiger partial charge in [0.1, 0.15) is 6.61 Å². The number of hydrogen-bond acceptors (Lipinski definition) is 2. The maximum absolute atomic E-state index is 11.2. The van der Waals surface area contributed by atoms with Crippen LogP contribution in [0.4, 0.5) is 0 Å². The molecule has 0 bridgehead atoms. The van der Waals surface area contributed by atoms with E-state index < -0.39 is 0 Å². The Bertz CT molecular complexity index is 219. The van der Waals surface area contributed by atoms with E-state index in [1.807, 2.05) is 0 Å². The minimum atomic E-state index is -0.0806. The lowest BCUT2D eigenvalue weighted by Gasteiger charge is -2.04. The molecule has 0 aliphatic rings. The SMILES string of the molecule is CCCCCCCCCCCCCCCC(=O)OCC[S]. The van der Waals surface area contributed by atoms with E-state index in [9.17, 15) is 4.79 Å². The maximum atomic E-state index is 11.2. The van der Waals surface area contributed by atoms with E-state index in [-0.39, 0.29) is 5.97 Å². The van der Waals surface area contributed by atoms with Gasteiger partial charge in [0.2, 0.25) is 0 Å². The third-order valence-electron chi connectivity index (χ3n) is 3.83. The first-order valence-corrected chi connectivity index (χ1v) is 9.62. The molecule has 0 fully saturated rings. The summed E-state index contributed by atoms with van der Waals surface area (Å²) >= 11 is 4.73. The van der Waals surface area contributed by atoms with Gasteiger partial charge in [-0.1, -0.05) is 96.6 Å². The maximum Gasteiger partial charge on any atom is 0.305 e. The highest BCUT2D eigenvalue weighted by atomic mass is 32.1. The molecule has 2 nitrogen and oxygen atoms in total. The third kappa shape index (κ3) is 17.8. The summed E-state index contributed by atoms with van der Waals surface area (Å²) in [6.07, 6.45) is 17.8. The number of hydrogen-bond donors (Lipinski definition) is 0. The number of unbranched alkanes of at least 4 members (excludes halogenated alkanes) is 12. The van der Waals surface area contributed by atoms with E-state index in [0.717, 1.165) is 12.8 Å². The van der Waals surface area contributed by atoms with Crippen molar-refractivity contribution in [1.29, 1.82) is 0 Å². The Balaban J connectivity index is 3.04. The zero-order valence-electron chi connectivity index (χ0n) is 14.0. The standard InChI is InChI=1S/C18H35O2S/c1-2-3-4-5-6-7-8-9-10-11-12-13-14-15-18(19)20-16-17-21/h2-17H2,1H3. The van der Waals surface area contributed by atoms with Gasteiger partial charge in [-0.05, 0) is 6.42 Å². The molecular weight excluding hydrogens is 280 g/mol. The van der Waals surface area contributed by atoms with E-state index in [1.54, 1.807) is 0 Å². The van der Waals surface area contributed by atoms with Crippen LogP contribution >= 0.6 is 12.6 Å². The smallest absolute Gasteiger partial charge is 0.305 e. The molecule has 0 saturated carbocycles. The topological polar surface area (TPSA) is 26.3 Å². The molecule has 0 amide bonds. The Morgan fingerprint density at radius 2 is 1.19 bits per heavy atom. The second kappa shape index (κ2) is 17.9. The molecule has 0 unspecified atom stereocenters. The molecule has 21 heavy (non-hydrogen) atoms. The number of carbonyl (C=O) groups is 1. The monoisotopic (exact) mass is 315 g/mol. The average molecular weight is 316 g/mol. The summed E-state index contributed by atoms with van der Waals surface area (Å²) in [6, 6.07) is 0. The zero-order valence-corrected chi connectivity index (χ0v) is 14.9. The van der Waals surface area contributed by atoms with E-state index in [4.69, 9.17) is 17.4 Å². The average Bonchev–Trinajstić information content (AvgIpc) is 2.49. The summed E-state index contributed by atoms with van der Waals surface area (Å²) in [7, 11) is 0. The molecule has 0 heterocycles. The molecular formula is C18H35O2S. The van der Waals surface area contributed by atoms with Crippen molar-refractivity contribution in [3.8, 4) is 0 Å². The number of rotatable bonds is 16. The first-order valence-electron chi connectivity index (χ1n) is 9.05. The van der Waals surface area contributed by atoms with Crippen LogP contribution in [0.3, 0.4) is 0 Å². The van der Waals surface area contributed by atoms with Crippen LogP contribution in [0.25, 0.3) is 0 Å². The molecule has 0 spiro atoms. The predicted octanol–water partition coefficient (Wildman–Crippen LogP) is 6.21. The molecule has 0 aliphatic heterocycles. The Hall–Kier alpha value is -0.180. The first-order chi connectivity index (χ1) is 10.3. The van der Waals surface area contributed by atoms with Gasteiger partial charge in [-0.3, -0.25) is 4.79 Å². The van der Waals surface area contributed by atoms with Gasteiger partial charge in [-0.15, -0.1) is 0 Å². The number of carbonyl (C=O) groups excluding carboxylic acids is 1. The van der Waals surface area contributed by atoms with Gasteiger partial charge in [-0.2, -0.15) is 0 Å². The van der Waals surface area contributed by atoms with Crippen LogP contribution in [0.15, 0.2) is 0 Å². The zero-order chi connectivity index (χ0) is 15.6. The van der Waals surface area contributed by atoms with Gasteiger partial charge in [-0.25, -0.2) is 0 Å². The molecule has 1 radical (unpaired) electrons. The molecule has 0 N–H and O–H groups in total. The van der Waals surface area contributed by atoms with Crippen LogP contribution in [-0.4, -0.2) is 18.3 Å². The summed E-state index contributed by atoms with van der Waals surface area (Å²) < 4.78 is 4.96. The van der Waals surface area contributed by atoms with E-state index in [1.165, 1.54) is 70.6 Å². The summed E-state index contributed by atoms with van der Waals surface area (Å²) in [5.74, 6) is 0.424. The van der Waals surface area contributed by atoms with Crippen molar-refractivity contribution >= 4 is 18.6 Å².